The molecule has 33 heavy (non-hydrogen) atoms. The SMILES string of the molecule is O=C(OCc1ccc(C(F)(F)F)c(F)c1F)N1CCC(O)(c2cccc(C(F)(F)F)c2)CC1. The molecule has 0 saturated carbocycles. The van der Waals surface area contributed by atoms with Gasteiger partial charge in [-0.1, -0.05) is 18.2 Å². The molecule has 2 aromatic rings. The van der Waals surface area contributed by atoms with E-state index in [0.717, 1.165) is 23.1 Å². The van der Waals surface area contributed by atoms with Gasteiger partial charge in [-0.25, -0.2) is 13.6 Å². The van der Waals surface area contributed by atoms with E-state index in [9.17, 15) is 45.0 Å². The average Bonchev–Trinajstić information content (AvgIpc) is 2.73. The number of carbonyl (C=O) groups is 1. The Morgan fingerprint density at radius 2 is 1.61 bits per heavy atom. The van der Waals surface area contributed by atoms with E-state index in [1.807, 2.05) is 0 Å². The quantitative estimate of drug-likeness (QED) is 0.577. The summed E-state index contributed by atoms with van der Waals surface area (Å²) in [5, 5.41) is 10.8. The maximum Gasteiger partial charge on any atom is 0.419 e. The number of ether oxygens (including phenoxy) is 1. The number of nitrogens with zero attached hydrogens (tertiary/aromatic N) is 1. The van der Waals surface area contributed by atoms with Gasteiger partial charge in [0.15, 0.2) is 11.6 Å². The minimum atomic E-state index is -5.09. The molecule has 0 bridgehead atoms. The number of likely N-dealkylation sites (tertiary alicyclic amines) is 1. The highest BCUT2D eigenvalue weighted by atomic mass is 19.4. The zero-order chi connectivity index (χ0) is 24.6. The van der Waals surface area contributed by atoms with Crippen molar-refractivity contribution < 1.29 is 49.8 Å². The summed E-state index contributed by atoms with van der Waals surface area (Å²) in [5.41, 5.74) is -4.92. The molecule has 1 fully saturated rings. The lowest BCUT2D eigenvalue weighted by Crippen LogP contribution is -2.45. The normalized spacial score (nSPS) is 16.6. The first-order chi connectivity index (χ1) is 15.2. The van der Waals surface area contributed by atoms with E-state index in [-0.39, 0.29) is 31.5 Å². The van der Waals surface area contributed by atoms with Crippen LogP contribution in [0, 0.1) is 11.6 Å². The molecule has 0 atom stereocenters. The van der Waals surface area contributed by atoms with Gasteiger partial charge in [0.1, 0.15) is 6.61 Å². The predicted molar refractivity (Wildman–Crippen MR) is 97.7 cm³/mol. The molecular formula is C21H17F8NO3. The van der Waals surface area contributed by atoms with Crippen molar-refractivity contribution >= 4 is 6.09 Å². The molecule has 1 N–H and O–H groups in total. The van der Waals surface area contributed by atoms with Gasteiger partial charge in [0, 0.05) is 18.7 Å². The van der Waals surface area contributed by atoms with Gasteiger partial charge in [-0.3, -0.25) is 0 Å². The maximum absolute atomic E-state index is 13.9. The molecule has 1 saturated heterocycles. The Hall–Kier alpha value is -2.89. The van der Waals surface area contributed by atoms with Crippen LogP contribution in [-0.2, 0) is 29.3 Å². The highest BCUT2D eigenvalue weighted by Gasteiger charge is 2.39. The summed E-state index contributed by atoms with van der Waals surface area (Å²) in [6.07, 6.45) is -10.9. The van der Waals surface area contributed by atoms with Crippen LogP contribution in [0.25, 0.3) is 0 Å². The van der Waals surface area contributed by atoms with Crippen LogP contribution in [0.5, 0.6) is 0 Å². The van der Waals surface area contributed by atoms with Crippen molar-refractivity contribution in [2.45, 2.75) is 37.4 Å². The van der Waals surface area contributed by atoms with Gasteiger partial charge in [0.05, 0.1) is 16.7 Å². The van der Waals surface area contributed by atoms with Crippen LogP contribution in [0.4, 0.5) is 39.9 Å². The number of rotatable bonds is 3. The molecule has 2 aromatic carbocycles. The van der Waals surface area contributed by atoms with E-state index in [1.165, 1.54) is 6.07 Å². The Bertz CT molecular complexity index is 1030. The van der Waals surface area contributed by atoms with Crippen molar-refractivity contribution in [3.8, 4) is 0 Å². The Morgan fingerprint density at radius 1 is 0.970 bits per heavy atom. The molecule has 0 aliphatic carbocycles. The molecule has 1 aliphatic rings. The van der Waals surface area contributed by atoms with Crippen LogP contribution in [0.3, 0.4) is 0 Å². The van der Waals surface area contributed by atoms with Crippen LogP contribution >= 0.6 is 0 Å². The van der Waals surface area contributed by atoms with Gasteiger partial charge >= 0.3 is 18.4 Å². The second-order valence-electron chi connectivity index (χ2n) is 7.55. The number of hydrogen-bond acceptors (Lipinski definition) is 3. The largest absolute Gasteiger partial charge is 0.444 e. The third-order valence-electron chi connectivity index (χ3n) is 5.39. The van der Waals surface area contributed by atoms with Crippen LogP contribution in [0.2, 0.25) is 0 Å². The average molecular weight is 483 g/mol. The summed E-state index contributed by atoms with van der Waals surface area (Å²) in [6.45, 7) is -1.07. The lowest BCUT2D eigenvalue weighted by molar-refractivity contribution is -0.140. The first-order valence-corrected chi connectivity index (χ1v) is 9.58. The minimum absolute atomic E-state index is 0.0349. The third-order valence-corrected chi connectivity index (χ3v) is 5.39. The number of amides is 1. The molecule has 1 aliphatic heterocycles. The summed E-state index contributed by atoms with van der Waals surface area (Å²) in [5.74, 6) is -3.91. The monoisotopic (exact) mass is 483 g/mol. The third kappa shape index (κ3) is 5.37. The summed E-state index contributed by atoms with van der Waals surface area (Å²) >= 11 is 0. The zero-order valence-corrected chi connectivity index (χ0v) is 16.7. The van der Waals surface area contributed by atoms with E-state index >= 15 is 0 Å². The second-order valence-corrected chi connectivity index (χ2v) is 7.55. The van der Waals surface area contributed by atoms with Crippen LogP contribution in [0.1, 0.15) is 35.1 Å². The van der Waals surface area contributed by atoms with Crippen molar-refractivity contribution in [2.24, 2.45) is 0 Å². The summed E-state index contributed by atoms with van der Waals surface area (Å²) in [7, 11) is 0. The lowest BCUT2D eigenvalue weighted by atomic mass is 9.84. The van der Waals surface area contributed by atoms with Crippen molar-refractivity contribution in [2.75, 3.05) is 13.1 Å². The number of aliphatic hydroxyl groups is 1. The van der Waals surface area contributed by atoms with Crippen LogP contribution < -0.4 is 0 Å². The first-order valence-electron chi connectivity index (χ1n) is 9.58. The maximum atomic E-state index is 13.9. The van der Waals surface area contributed by atoms with Gasteiger partial charge in [0.25, 0.3) is 0 Å². The topological polar surface area (TPSA) is 49.8 Å². The molecule has 3 rings (SSSR count). The Morgan fingerprint density at radius 3 is 2.18 bits per heavy atom. The molecule has 0 spiro atoms. The Kier molecular flexibility index (Phi) is 6.60. The highest BCUT2D eigenvalue weighted by molar-refractivity contribution is 5.67. The van der Waals surface area contributed by atoms with E-state index in [0.29, 0.717) is 12.1 Å². The molecule has 1 heterocycles. The zero-order valence-electron chi connectivity index (χ0n) is 16.7. The fraction of sp³-hybridized carbons (Fsp3) is 0.381. The highest BCUT2D eigenvalue weighted by Crippen LogP contribution is 2.37. The lowest BCUT2D eigenvalue weighted by Gasteiger charge is -2.38. The van der Waals surface area contributed by atoms with Crippen molar-refractivity contribution in [3.05, 3.63) is 70.3 Å². The molecule has 0 aromatic heterocycles. The Balaban J connectivity index is 1.62. The molecule has 180 valence electrons. The Labute approximate surface area is 182 Å². The number of alkyl halides is 6. The van der Waals surface area contributed by atoms with E-state index in [4.69, 9.17) is 4.74 Å². The summed E-state index contributed by atoms with van der Waals surface area (Å²) < 4.78 is 109. The molecule has 0 radical (unpaired) electrons. The van der Waals surface area contributed by atoms with Crippen molar-refractivity contribution in [1.29, 1.82) is 0 Å². The van der Waals surface area contributed by atoms with Gasteiger partial charge in [0.2, 0.25) is 0 Å². The fourth-order valence-corrected chi connectivity index (χ4v) is 3.48. The number of piperidine rings is 1. The van der Waals surface area contributed by atoms with Gasteiger partial charge in [-0.05, 0) is 36.6 Å². The van der Waals surface area contributed by atoms with Gasteiger partial charge < -0.3 is 14.7 Å². The molecule has 1 amide bonds. The van der Waals surface area contributed by atoms with Crippen molar-refractivity contribution in [1.82, 2.24) is 4.90 Å². The van der Waals surface area contributed by atoms with Gasteiger partial charge in [-0.2, -0.15) is 26.3 Å². The first kappa shape index (κ1) is 24.7. The van der Waals surface area contributed by atoms with Crippen LogP contribution in [0.15, 0.2) is 36.4 Å². The fourth-order valence-electron chi connectivity index (χ4n) is 3.48. The van der Waals surface area contributed by atoms with E-state index in [2.05, 4.69) is 0 Å². The number of hydrogen-bond donors (Lipinski definition) is 1. The van der Waals surface area contributed by atoms with E-state index in [1.54, 1.807) is 0 Å². The van der Waals surface area contributed by atoms with Crippen molar-refractivity contribution in [3.63, 3.8) is 0 Å². The number of carbonyl (C=O) groups excluding carboxylic acids is 1. The molecule has 0 unspecified atom stereocenters. The number of halogens is 8. The smallest absolute Gasteiger partial charge is 0.419 e. The standard InChI is InChI=1S/C21H17F8NO3/c22-16-12(4-5-15(17(16)23)21(27,28)29)11-33-18(31)30-8-6-19(32,7-9-30)13-2-1-3-14(10-13)20(24,25)26/h1-5,10,32H,6-9,11H2. The summed E-state index contributed by atoms with van der Waals surface area (Å²) in [4.78, 5) is 13.3. The minimum Gasteiger partial charge on any atom is -0.444 e. The molecule has 12 heteroatoms. The number of benzene rings is 2. The predicted octanol–water partition coefficient (Wildman–Crippen LogP) is 5.62. The summed E-state index contributed by atoms with van der Waals surface area (Å²) in [6, 6.07) is 5.17. The second kappa shape index (κ2) is 8.81. The van der Waals surface area contributed by atoms with E-state index < -0.39 is 59.0 Å². The van der Waals surface area contributed by atoms with Crippen LogP contribution in [-0.4, -0.2) is 29.2 Å². The molecular weight excluding hydrogens is 466 g/mol. The molecule has 4 nitrogen and oxygen atoms in total. The van der Waals surface area contributed by atoms with Gasteiger partial charge in [-0.15, -0.1) is 0 Å².